The number of aliphatic imine (C=N–C) groups is 1. The molecular weight excluding hydrogens is 683 g/mol. The number of carbonyl (C=O) groups is 1. The second-order valence-electron chi connectivity index (χ2n) is 6.28. The number of nitrogens with zero attached hydrogens (tertiary/aromatic N) is 1. The zero-order valence-corrected chi connectivity index (χ0v) is 21.3. The first-order chi connectivity index (χ1) is 12.7. The number of benzene rings is 2. The van der Waals surface area contributed by atoms with E-state index in [0.29, 0.717) is 11.6 Å². The number of esters is 1. The van der Waals surface area contributed by atoms with E-state index >= 15 is 0 Å². The Morgan fingerprint density at radius 2 is 1.74 bits per heavy atom. The quantitative estimate of drug-likeness (QED) is 0.226. The molecule has 0 fully saturated rings. The third-order valence-corrected chi connectivity index (χ3v) is 6.52. The number of rotatable bonds is 4. The molecule has 0 saturated heterocycles. The molecule has 1 aliphatic heterocycles. The van der Waals surface area contributed by atoms with Crippen molar-refractivity contribution in [1.29, 1.82) is 0 Å². The molecule has 3 rings (SSSR count). The summed E-state index contributed by atoms with van der Waals surface area (Å²) in [4.78, 5) is 16.7. The number of carbonyl (C=O) groups excluding carboxylic acids is 1. The van der Waals surface area contributed by atoms with Crippen LogP contribution in [0.4, 0.5) is 0 Å². The maximum absolute atomic E-state index is 12.3. The van der Waals surface area contributed by atoms with Crippen LogP contribution in [0.25, 0.3) is 6.08 Å². The van der Waals surface area contributed by atoms with Crippen molar-refractivity contribution in [2.45, 2.75) is 26.9 Å². The van der Waals surface area contributed by atoms with Crippen LogP contribution in [0.3, 0.4) is 0 Å². The van der Waals surface area contributed by atoms with Crippen molar-refractivity contribution in [1.82, 2.24) is 0 Å². The molecular formula is C20H16I3NO3. The minimum atomic E-state index is -0.436. The van der Waals surface area contributed by atoms with Gasteiger partial charge in [0, 0.05) is 9.13 Å². The minimum absolute atomic E-state index is 0.102. The minimum Gasteiger partial charge on any atom is -0.489 e. The van der Waals surface area contributed by atoms with E-state index in [1.165, 1.54) is 0 Å². The summed E-state index contributed by atoms with van der Waals surface area (Å²) in [5.41, 5.74) is 3.10. The summed E-state index contributed by atoms with van der Waals surface area (Å²) in [6.07, 6.45) is 1.85. The van der Waals surface area contributed by atoms with Crippen LogP contribution < -0.4 is 4.74 Å². The Bertz CT molecular complexity index is 957. The van der Waals surface area contributed by atoms with Crippen molar-refractivity contribution in [3.8, 4) is 5.75 Å². The molecule has 0 amide bonds. The van der Waals surface area contributed by atoms with Crippen LogP contribution in [0.2, 0.25) is 0 Å². The number of hydrogen-bond acceptors (Lipinski definition) is 4. The third-order valence-electron chi connectivity index (χ3n) is 3.70. The van der Waals surface area contributed by atoms with Crippen molar-refractivity contribution >= 4 is 85.7 Å². The van der Waals surface area contributed by atoms with Crippen molar-refractivity contribution in [2.24, 2.45) is 4.99 Å². The molecule has 0 atom stereocenters. The van der Waals surface area contributed by atoms with Gasteiger partial charge in [-0.1, -0.05) is 0 Å². The zero-order valence-electron chi connectivity index (χ0n) is 14.8. The molecule has 2 aromatic carbocycles. The number of ether oxygens (including phenoxy) is 2. The maximum Gasteiger partial charge on any atom is 0.363 e. The van der Waals surface area contributed by atoms with E-state index < -0.39 is 5.97 Å². The van der Waals surface area contributed by atoms with Crippen LogP contribution in [0.5, 0.6) is 5.75 Å². The smallest absolute Gasteiger partial charge is 0.363 e. The van der Waals surface area contributed by atoms with Crippen LogP contribution in [-0.4, -0.2) is 18.0 Å². The standard InChI is InChI=1S/C20H16I3NO3/c1-10(2)26-18-15(22)7-12(8-16(18)23)9-17-20(25)27-19(24-17)13-4-5-14(21)11(3)6-13/h4-10H,1-3H3/b17-9-. The fourth-order valence-electron chi connectivity index (χ4n) is 2.48. The molecule has 7 heteroatoms. The molecule has 0 bridgehead atoms. The van der Waals surface area contributed by atoms with Gasteiger partial charge >= 0.3 is 5.97 Å². The summed E-state index contributed by atoms with van der Waals surface area (Å²) >= 11 is 6.76. The molecule has 140 valence electrons. The van der Waals surface area contributed by atoms with Gasteiger partial charge in [0.25, 0.3) is 0 Å². The average molecular weight is 699 g/mol. The normalized spacial score (nSPS) is 15.3. The summed E-state index contributed by atoms with van der Waals surface area (Å²) in [5.74, 6) is 0.768. The van der Waals surface area contributed by atoms with Crippen LogP contribution in [-0.2, 0) is 9.53 Å². The van der Waals surface area contributed by atoms with Crippen molar-refractivity contribution < 1.29 is 14.3 Å². The van der Waals surface area contributed by atoms with E-state index in [4.69, 9.17) is 9.47 Å². The highest BCUT2D eigenvalue weighted by molar-refractivity contribution is 14.1. The number of aryl methyl sites for hydroxylation is 1. The summed E-state index contributed by atoms with van der Waals surface area (Å²) in [7, 11) is 0. The molecule has 0 unspecified atom stereocenters. The molecule has 1 aliphatic rings. The Kier molecular flexibility index (Phi) is 6.83. The zero-order chi connectivity index (χ0) is 19.7. The Balaban J connectivity index is 1.93. The molecule has 2 aromatic rings. The predicted octanol–water partition coefficient (Wildman–Crippen LogP) is 5.94. The second-order valence-corrected chi connectivity index (χ2v) is 9.77. The van der Waals surface area contributed by atoms with Gasteiger partial charge in [0.15, 0.2) is 5.70 Å². The SMILES string of the molecule is Cc1cc(C2=N/C(=C\c3cc(I)c(OC(C)C)c(I)c3)C(=O)O2)ccc1I. The van der Waals surface area contributed by atoms with Gasteiger partial charge in [-0.2, -0.15) is 0 Å². The van der Waals surface area contributed by atoms with Gasteiger partial charge in [0.05, 0.1) is 13.2 Å². The summed E-state index contributed by atoms with van der Waals surface area (Å²) in [6.45, 7) is 6.02. The van der Waals surface area contributed by atoms with Gasteiger partial charge in [0.1, 0.15) is 5.75 Å². The highest BCUT2D eigenvalue weighted by Crippen LogP contribution is 2.31. The van der Waals surface area contributed by atoms with Gasteiger partial charge in [-0.05, 0) is 136 Å². The first-order valence-corrected chi connectivity index (χ1v) is 11.4. The first-order valence-electron chi connectivity index (χ1n) is 8.19. The van der Waals surface area contributed by atoms with Gasteiger partial charge in [-0.15, -0.1) is 0 Å². The fraction of sp³-hybridized carbons (Fsp3) is 0.200. The highest BCUT2D eigenvalue weighted by atomic mass is 127. The second kappa shape index (κ2) is 8.76. The molecule has 0 N–H and O–H groups in total. The van der Waals surface area contributed by atoms with Gasteiger partial charge in [-0.25, -0.2) is 9.79 Å². The Hall–Kier alpha value is -0.690. The molecule has 0 aliphatic carbocycles. The van der Waals surface area contributed by atoms with E-state index in [9.17, 15) is 4.79 Å². The molecule has 0 spiro atoms. The molecule has 0 aromatic heterocycles. The van der Waals surface area contributed by atoms with E-state index in [0.717, 1.165) is 33.2 Å². The van der Waals surface area contributed by atoms with Crippen LogP contribution >= 0.6 is 67.8 Å². The molecule has 4 nitrogen and oxygen atoms in total. The van der Waals surface area contributed by atoms with Crippen LogP contribution in [0.1, 0.15) is 30.5 Å². The average Bonchev–Trinajstić information content (AvgIpc) is 2.94. The van der Waals surface area contributed by atoms with Crippen LogP contribution in [0, 0.1) is 17.6 Å². The predicted molar refractivity (Wildman–Crippen MR) is 132 cm³/mol. The van der Waals surface area contributed by atoms with E-state index in [-0.39, 0.29) is 6.10 Å². The lowest BCUT2D eigenvalue weighted by atomic mass is 10.1. The number of cyclic esters (lactones) is 1. The molecule has 1 heterocycles. The maximum atomic E-state index is 12.3. The lowest BCUT2D eigenvalue weighted by Gasteiger charge is -2.14. The lowest BCUT2D eigenvalue weighted by molar-refractivity contribution is -0.129. The first kappa shape index (κ1) is 21.0. The largest absolute Gasteiger partial charge is 0.489 e. The third kappa shape index (κ3) is 5.03. The fourth-order valence-corrected chi connectivity index (χ4v) is 4.89. The van der Waals surface area contributed by atoms with E-state index in [2.05, 4.69) is 72.8 Å². The highest BCUT2D eigenvalue weighted by Gasteiger charge is 2.24. The van der Waals surface area contributed by atoms with Crippen molar-refractivity contribution in [3.05, 3.63) is 63.4 Å². The Morgan fingerprint density at radius 1 is 1.07 bits per heavy atom. The van der Waals surface area contributed by atoms with Crippen molar-refractivity contribution in [2.75, 3.05) is 0 Å². The number of halogens is 3. The Morgan fingerprint density at radius 3 is 2.33 bits per heavy atom. The summed E-state index contributed by atoms with van der Waals surface area (Å²) in [5, 5.41) is 0. The van der Waals surface area contributed by atoms with Gasteiger partial charge in [-0.3, -0.25) is 0 Å². The topological polar surface area (TPSA) is 47.9 Å². The summed E-state index contributed by atoms with van der Waals surface area (Å²) < 4.78 is 14.4. The van der Waals surface area contributed by atoms with Gasteiger partial charge in [0.2, 0.25) is 5.90 Å². The monoisotopic (exact) mass is 699 g/mol. The summed E-state index contributed by atoms with van der Waals surface area (Å²) in [6, 6.07) is 9.82. The van der Waals surface area contributed by atoms with E-state index in [1.807, 2.05) is 51.1 Å². The molecule has 0 saturated carbocycles. The number of hydrogen-bond donors (Lipinski definition) is 0. The van der Waals surface area contributed by atoms with Crippen molar-refractivity contribution in [3.63, 3.8) is 0 Å². The van der Waals surface area contributed by atoms with Crippen LogP contribution in [0.15, 0.2) is 41.0 Å². The van der Waals surface area contributed by atoms with E-state index in [1.54, 1.807) is 6.08 Å². The molecule has 27 heavy (non-hydrogen) atoms. The van der Waals surface area contributed by atoms with Gasteiger partial charge < -0.3 is 9.47 Å². The lowest BCUT2D eigenvalue weighted by Crippen LogP contribution is -2.08. The molecule has 0 radical (unpaired) electrons. The Labute approximate surface area is 199 Å².